The Hall–Kier alpha value is -1.20. The van der Waals surface area contributed by atoms with E-state index in [0.717, 1.165) is 23.4 Å². The van der Waals surface area contributed by atoms with Gasteiger partial charge >= 0.3 is 0 Å². The molecule has 1 aliphatic carbocycles. The van der Waals surface area contributed by atoms with Crippen LogP contribution in [0, 0.1) is 0 Å². The van der Waals surface area contributed by atoms with E-state index in [4.69, 9.17) is 0 Å². The van der Waals surface area contributed by atoms with Crippen LogP contribution < -0.4 is 5.32 Å². The molecule has 1 aromatic heterocycles. The van der Waals surface area contributed by atoms with Gasteiger partial charge in [0.25, 0.3) is 0 Å². The maximum atomic E-state index is 4.46. The van der Waals surface area contributed by atoms with Gasteiger partial charge in [-0.25, -0.2) is 9.67 Å². The largest absolute Gasteiger partial charge is 0.307 e. The third kappa shape index (κ3) is 3.17. The van der Waals surface area contributed by atoms with E-state index in [1.54, 1.807) is 6.33 Å². The van der Waals surface area contributed by atoms with Gasteiger partial charge in [-0.1, -0.05) is 28.1 Å². The zero-order valence-electron chi connectivity index (χ0n) is 10.0. The molecule has 0 spiro atoms. The van der Waals surface area contributed by atoms with Gasteiger partial charge in [0, 0.05) is 10.5 Å². The monoisotopic (exact) mass is 306 g/mol. The fraction of sp³-hybridized carbons (Fsp3) is 0.385. The maximum Gasteiger partial charge on any atom is 0.164 e. The van der Waals surface area contributed by atoms with Crippen LogP contribution in [0.25, 0.3) is 0 Å². The summed E-state index contributed by atoms with van der Waals surface area (Å²) in [5.41, 5.74) is 1.23. The van der Waals surface area contributed by atoms with E-state index in [1.807, 2.05) is 16.8 Å². The number of benzene rings is 1. The van der Waals surface area contributed by atoms with Crippen LogP contribution in [0.4, 0.5) is 0 Å². The molecule has 0 amide bonds. The number of halogens is 1. The highest BCUT2D eigenvalue weighted by molar-refractivity contribution is 9.10. The van der Waals surface area contributed by atoms with Crippen molar-refractivity contribution in [3.05, 3.63) is 46.5 Å². The van der Waals surface area contributed by atoms with Crippen molar-refractivity contribution in [2.45, 2.75) is 32.0 Å². The zero-order valence-corrected chi connectivity index (χ0v) is 11.6. The van der Waals surface area contributed by atoms with Crippen molar-refractivity contribution >= 4 is 15.9 Å². The number of hydrogen-bond acceptors (Lipinski definition) is 3. The first-order chi connectivity index (χ1) is 8.79. The number of nitrogens with one attached hydrogen (secondary N) is 1. The van der Waals surface area contributed by atoms with Gasteiger partial charge in [-0.2, -0.15) is 5.10 Å². The summed E-state index contributed by atoms with van der Waals surface area (Å²) in [6.45, 7) is 1.54. The summed E-state index contributed by atoms with van der Waals surface area (Å²) in [5.74, 6) is 0.874. The standard InChI is InChI=1S/C13H15BrN4/c14-11-3-1-10(2-4-11)8-18-9-16-13(17-18)7-15-12-5-6-12/h1-4,9,12,15H,5-8H2. The van der Waals surface area contributed by atoms with Crippen molar-refractivity contribution in [1.29, 1.82) is 0 Å². The lowest BCUT2D eigenvalue weighted by atomic mass is 10.2. The number of hydrogen-bond donors (Lipinski definition) is 1. The first-order valence-corrected chi connectivity index (χ1v) is 6.95. The predicted molar refractivity (Wildman–Crippen MR) is 73.1 cm³/mol. The van der Waals surface area contributed by atoms with Gasteiger partial charge in [-0.15, -0.1) is 0 Å². The molecule has 1 aromatic carbocycles. The second-order valence-electron chi connectivity index (χ2n) is 4.64. The predicted octanol–water partition coefficient (Wildman–Crippen LogP) is 2.34. The summed E-state index contributed by atoms with van der Waals surface area (Å²) in [7, 11) is 0. The van der Waals surface area contributed by atoms with Gasteiger partial charge in [0.1, 0.15) is 6.33 Å². The normalized spacial score (nSPS) is 14.9. The molecule has 0 atom stereocenters. The molecule has 2 aromatic rings. The molecule has 1 heterocycles. The van der Waals surface area contributed by atoms with Crippen molar-refractivity contribution < 1.29 is 0 Å². The van der Waals surface area contributed by atoms with Crippen LogP contribution in [0.3, 0.4) is 0 Å². The molecule has 0 aliphatic heterocycles. The molecule has 1 fully saturated rings. The van der Waals surface area contributed by atoms with Crippen LogP contribution in [0.1, 0.15) is 24.2 Å². The van der Waals surface area contributed by atoms with Gasteiger partial charge in [-0.05, 0) is 30.5 Å². The fourth-order valence-corrected chi connectivity index (χ4v) is 2.05. The third-order valence-corrected chi connectivity index (χ3v) is 3.50. The molecular formula is C13H15BrN4. The van der Waals surface area contributed by atoms with Gasteiger partial charge < -0.3 is 5.32 Å². The van der Waals surface area contributed by atoms with E-state index in [0.29, 0.717) is 6.04 Å². The van der Waals surface area contributed by atoms with Gasteiger partial charge in [-0.3, -0.25) is 0 Å². The zero-order chi connectivity index (χ0) is 12.4. The van der Waals surface area contributed by atoms with Crippen molar-refractivity contribution in [2.24, 2.45) is 0 Å². The summed E-state index contributed by atoms with van der Waals surface area (Å²) in [6, 6.07) is 8.97. The Morgan fingerprint density at radius 3 is 2.78 bits per heavy atom. The Morgan fingerprint density at radius 2 is 2.06 bits per heavy atom. The van der Waals surface area contributed by atoms with Crippen molar-refractivity contribution in [3.63, 3.8) is 0 Å². The Bertz CT molecular complexity index is 516. The summed E-state index contributed by atoms with van der Waals surface area (Å²) >= 11 is 3.43. The molecule has 0 radical (unpaired) electrons. The second kappa shape index (κ2) is 5.20. The Balaban J connectivity index is 1.60. The Labute approximate surface area is 115 Å². The van der Waals surface area contributed by atoms with E-state index in [-0.39, 0.29) is 0 Å². The highest BCUT2D eigenvalue weighted by atomic mass is 79.9. The van der Waals surface area contributed by atoms with Crippen molar-refractivity contribution in [1.82, 2.24) is 20.1 Å². The molecule has 18 heavy (non-hydrogen) atoms. The van der Waals surface area contributed by atoms with Crippen LogP contribution >= 0.6 is 15.9 Å². The molecule has 0 unspecified atom stereocenters. The van der Waals surface area contributed by atoms with Gasteiger partial charge in [0.2, 0.25) is 0 Å². The van der Waals surface area contributed by atoms with Gasteiger partial charge in [0.05, 0.1) is 13.1 Å². The minimum Gasteiger partial charge on any atom is -0.307 e. The van der Waals surface area contributed by atoms with Crippen LogP contribution in [0.15, 0.2) is 35.1 Å². The van der Waals surface area contributed by atoms with Crippen molar-refractivity contribution in [3.8, 4) is 0 Å². The summed E-state index contributed by atoms with van der Waals surface area (Å²) in [4.78, 5) is 4.31. The van der Waals surface area contributed by atoms with Crippen molar-refractivity contribution in [2.75, 3.05) is 0 Å². The Kier molecular flexibility index (Phi) is 3.43. The second-order valence-corrected chi connectivity index (χ2v) is 5.56. The van der Waals surface area contributed by atoms with E-state index >= 15 is 0 Å². The van der Waals surface area contributed by atoms with E-state index in [1.165, 1.54) is 18.4 Å². The first-order valence-electron chi connectivity index (χ1n) is 6.16. The molecule has 1 N–H and O–H groups in total. The molecule has 1 saturated carbocycles. The minimum atomic E-state index is 0.698. The summed E-state index contributed by atoms with van der Waals surface area (Å²) in [5, 5.41) is 7.87. The average molecular weight is 307 g/mol. The number of rotatable bonds is 5. The quantitative estimate of drug-likeness (QED) is 0.922. The number of nitrogens with zero attached hydrogens (tertiary/aromatic N) is 3. The maximum absolute atomic E-state index is 4.46. The molecule has 0 bridgehead atoms. The third-order valence-electron chi connectivity index (χ3n) is 2.97. The highest BCUT2D eigenvalue weighted by Crippen LogP contribution is 2.18. The SMILES string of the molecule is Brc1ccc(Cn2cnc(CNC3CC3)n2)cc1. The molecule has 94 valence electrons. The fourth-order valence-electron chi connectivity index (χ4n) is 1.79. The molecule has 1 aliphatic rings. The van der Waals surface area contributed by atoms with Crippen LogP contribution in [-0.2, 0) is 13.1 Å². The molecule has 0 saturated heterocycles. The lowest BCUT2D eigenvalue weighted by Crippen LogP contribution is -2.16. The lowest BCUT2D eigenvalue weighted by Gasteiger charge is -2.01. The number of aromatic nitrogens is 3. The smallest absolute Gasteiger partial charge is 0.164 e. The summed E-state index contributed by atoms with van der Waals surface area (Å²) in [6.07, 6.45) is 4.38. The van der Waals surface area contributed by atoms with E-state index in [2.05, 4.69) is 43.5 Å². The van der Waals surface area contributed by atoms with E-state index < -0.39 is 0 Å². The van der Waals surface area contributed by atoms with Crippen LogP contribution in [0.2, 0.25) is 0 Å². The first kappa shape index (κ1) is 11.9. The molecule has 4 nitrogen and oxygen atoms in total. The van der Waals surface area contributed by atoms with Gasteiger partial charge in [0.15, 0.2) is 5.82 Å². The Morgan fingerprint density at radius 1 is 1.28 bits per heavy atom. The van der Waals surface area contributed by atoms with E-state index in [9.17, 15) is 0 Å². The van der Waals surface area contributed by atoms with Crippen LogP contribution in [0.5, 0.6) is 0 Å². The highest BCUT2D eigenvalue weighted by Gasteiger charge is 2.20. The summed E-state index contributed by atoms with van der Waals surface area (Å²) < 4.78 is 2.98. The average Bonchev–Trinajstić information content (AvgIpc) is 3.10. The topological polar surface area (TPSA) is 42.7 Å². The molecule has 5 heteroatoms. The minimum absolute atomic E-state index is 0.698. The molecular weight excluding hydrogens is 292 g/mol. The lowest BCUT2D eigenvalue weighted by molar-refractivity contribution is 0.628. The molecule has 3 rings (SSSR count). The van der Waals surface area contributed by atoms with Crippen LogP contribution in [-0.4, -0.2) is 20.8 Å².